The first kappa shape index (κ1) is 20.8. The Hall–Kier alpha value is -3.11. The van der Waals surface area contributed by atoms with Crippen molar-refractivity contribution in [3.63, 3.8) is 0 Å². The number of nitrogens with one attached hydrogen (secondary N) is 1. The molecule has 5 atom stereocenters. The third kappa shape index (κ3) is 3.39. The first-order valence-electron chi connectivity index (χ1n) is 10.6. The molecule has 1 aromatic carbocycles. The lowest BCUT2D eigenvalue weighted by atomic mass is 9.86. The number of hydrogen-bond acceptors (Lipinski definition) is 8. The van der Waals surface area contributed by atoms with Crippen molar-refractivity contribution >= 4 is 5.95 Å². The zero-order chi connectivity index (χ0) is 22.5. The van der Waals surface area contributed by atoms with Crippen LogP contribution >= 0.6 is 0 Å². The highest BCUT2D eigenvalue weighted by molar-refractivity contribution is 5.68. The lowest BCUT2D eigenvalue weighted by Gasteiger charge is -2.43. The minimum absolute atomic E-state index is 0.00802. The van der Waals surface area contributed by atoms with Crippen LogP contribution in [0.15, 0.2) is 43.1 Å². The minimum atomic E-state index is -1.10. The van der Waals surface area contributed by atoms with Crippen molar-refractivity contribution < 1.29 is 14.2 Å². The molecular formula is C22H26FN7O2. The highest BCUT2D eigenvalue weighted by Gasteiger charge is 2.55. The van der Waals surface area contributed by atoms with E-state index in [0.29, 0.717) is 30.0 Å². The van der Waals surface area contributed by atoms with Crippen LogP contribution in [0, 0.1) is 0 Å². The summed E-state index contributed by atoms with van der Waals surface area (Å²) in [7, 11) is 3.47. The number of piperidine rings is 1. The van der Waals surface area contributed by atoms with E-state index >= 15 is 4.39 Å². The summed E-state index contributed by atoms with van der Waals surface area (Å²) in [6.45, 7) is 1.90. The first-order chi connectivity index (χ1) is 15.4. The fourth-order valence-electron chi connectivity index (χ4n) is 4.96. The van der Waals surface area contributed by atoms with E-state index in [1.165, 1.54) is 0 Å². The van der Waals surface area contributed by atoms with Gasteiger partial charge in [0.05, 0.1) is 35.9 Å². The number of phenolic OH excluding ortho intramolecular Hbond substituents is 1. The maximum Gasteiger partial charge on any atom is 0.245 e. The lowest BCUT2D eigenvalue weighted by Crippen LogP contribution is -2.62. The number of ether oxygens (including phenoxy) is 1. The highest BCUT2D eigenvalue weighted by atomic mass is 19.1. The van der Waals surface area contributed by atoms with E-state index in [-0.39, 0.29) is 23.9 Å². The van der Waals surface area contributed by atoms with Crippen LogP contribution < -0.4 is 10.2 Å². The molecule has 2 N–H and O–H groups in total. The Labute approximate surface area is 185 Å². The number of methoxy groups -OCH3 is 1. The molecule has 2 aromatic heterocycles. The van der Waals surface area contributed by atoms with Gasteiger partial charge in [0.1, 0.15) is 17.6 Å². The van der Waals surface area contributed by atoms with Gasteiger partial charge >= 0.3 is 0 Å². The Morgan fingerprint density at radius 3 is 2.84 bits per heavy atom. The average Bonchev–Trinajstić information content (AvgIpc) is 3.43. The summed E-state index contributed by atoms with van der Waals surface area (Å²) >= 11 is 0. The van der Waals surface area contributed by atoms with Crippen LogP contribution in [-0.4, -0.2) is 73.9 Å². The number of alkyl halides is 1. The number of phenols is 1. The maximum atomic E-state index is 15.4. The van der Waals surface area contributed by atoms with Gasteiger partial charge in [-0.1, -0.05) is 0 Å². The smallest absolute Gasteiger partial charge is 0.245 e. The number of aromatic hydroxyl groups is 1. The molecule has 10 heteroatoms. The largest absolute Gasteiger partial charge is 0.507 e. The molecule has 2 fully saturated rings. The van der Waals surface area contributed by atoms with E-state index in [4.69, 9.17) is 4.74 Å². The van der Waals surface area contributed by atoms with E-state index < -0.39 is 11.7 Å². The van der Waals surface area contributed by atoms with Gasteiger partial charge in [0.2, 0.25) is 5.95 Å². The molecule has 0 spiro atoms. The Kier molecular flexibility index (Phi) is 5.06. The molecule has 9 nitrogen and oxygen atoms in total. The topological polar surface area (TPSA) is 101 Å². The quantitative estimate of drug-likeness (QED) is 0.624. The van der Waals surface area contributed by atoms with Crippen LogP contribution in [0.1, 0.15) is 19.8 Å². The molecule has 1 unspecified atom stereocenters. The minimum Gasteiger partial charge on any atom is -0.507 e. The Bertz CT molecular complexity index is 1090. The second-order valence-corrected chi connectivity index (χ2v) is 8.78. The molecule has 0 aliphatic carbocycles. The molecule has 2 aliphatic rings. The maximum absolute atomic E-state index is 15.4. The van der Waals surface area contributed by atoms with Crippen LogP contribution in [-0.2, 0) is 4.74 Å². The van der Waals surface area contributed by atoms with Crippen LogP contribution in [0.4, 0.5) is 10.3 Å². The normalized spacial score (nSPS) is 29.2. The Morgan fingerprint density at radius 1 is 1.34 bits per heavy atom. The van der Waals surface area contributed by atoms with E-state index in [2.05, 4.69) is 25.5 Å². The number of fused-ring (bicyclic) bond motifs is 2. The van der Waals surface area contributed by atoms with Gasteiger partial charge < -0.3 is 24.6 Å². The molecule has 2 saturated heterocycles. The summed E-state index contributed by atoms with van der Waals surface area (Å²) in [6.07, 6.45) is 6.77. The fraction of sp³-hybridized carbons (Fsp3) is 0.455. The summed E-state index contributed by atoms with van der Waals surface area (Å²) in [4.78, 5) is 10.2. The van der Waals surface area contributed by atoms with Crippen molar-refractivity contribution in [3.8, 4) is 22.7 Å². The van der Waals surface area contributed by atoms with Gasteiger partial charge in [-0.25, -0.2) is 14.4 Å². The van der Waals surface area contributed by atoms with Crippen LogP contribution in [0.5, 0.6) is 5.75 Å². The van der Waals surface area contributed by atoms with Crippen molar-refractivity contribution in [2.24, 2.45) is 0 Å². The van der Waals surface area contributed by atoms with E-state index in [0.717, 1.165) is 5.69 Å². The van der Waals surface area contributed by atoms with Gasteiger partial charge in [0.25, 0.3) is 0 Å². The second kappa shape index (κ2) is 7.79. The zero-order valence-corrected chi connectivity index (χ0v) is 18.2. The Balaban J connectivity index is 1.36. The number of imidazole rings is 1. The monoisotopic (exact) mass is 439 g/mol. The van der Waals surface area contributed by atoms with Crippen molar-refractivity contribution in [2.45, 2.75) is 49.7 Å². The number of anilines is 1. The molecule has 5 rings (SSSR count). The SMILES string of the molecule is CO[C@@H]1C[C@]2(C)NC1C[C@@H](N(C)c1ncc(-c3ccc(-n4ccnc4)cc3O)nn1)[C@@H]2F. The third-order valence-corrected chi connectivity index (χ3v) is 6.76. The summed E-state index contributed by atoms with van der Waals surface area (Å²) in [6, 6.07) is 4.94. The van der Waals surface area contributed by atoms with Gasteiger partial charge in [-0.15, -0.1) is 10.2 Å². The van der Waals surface area contributed by atoms with Crippen molar-refractivity contribution in [1.82, 2.24) is 30.0 Å². The predicted molar refractivity (Wildman–Crippen MR) is 116 cm³/mol. The van der Waals surface area contributed by atoms with Crippen LogP contribution in [0.2, 0.25) is 0 Å². The van der Waals surface area contributed by atoms with Crippen molar-refractivity contribution in [1.29, 1.82) is 0 Å². The summed E-state index contributed by atoms with van der Waals surface area (Å²) < 4.78 is 22.8. The molecule has 0 radical (unpaired) electrons. The van der Waals surface area contributed by atoms with E-state index in [1.54, 1.807) is 60.7 Å². The van der Waals surface area contributed by atoms with Crippen LogP contribution in [0.3, 0.4) is 0 Å². The van der Waals surface area contributed by atoms with Crippen LogP contribution in [0.25, 0.3) is 16.9 Å². The van der Waals surface area contributed by atoms with Gasteiger partial charge in [-0.05, 0) is 31.9 Å². The van der Waals surface area contributed by atoms with Gasteiger partial charge in [0, 0.05) is 44.2 Å². The molecule has 168 valence electrons. The fourth-order valence-corrected chi connectivity index (χ4v) is 4.96. The summed E-state index contributed by atoms with van der Waals surface area (Å²) in [5, 5.41) is 22.4. The molecule has 4 heterocycles. The highest BCUT2D eigenvalue weighted by Crippen LogP contribution is 2.41. The van der Waals surface area contributed by atoms with Crippen molar-refractivity contribution in [2.75, 3.05) is 19.1 Å². The molecule has 2 aliphatic heterocycles. The molecule has 32 heavy (non-hydrogen) atoms. The second-order valence-electron chi connectivity index (χ2n) is 8.78. The molecule has 0 amide bonds. The first-order valence-corrected chi connectivity index (χ1v) is 10.6. The lowest BCUT2D eigenvalue weighted by molar-refractivity contribution is 0.0871. The van der Waals surface area contributed by atoms with E-state index in [9.17, 15) is 5.11 Å². The summed E-state index contributed by atoms with van der Waals surface area (Å²) in [5.41, 5.74) is 1.09. The summed E-state index contributed by atoms with van der Waals surface area (Å²) in [5.74, 6) is 0.403. The van der Waals surface area contributed by atoms with Gasteiger partial charge in [-0.2, -0.15) is 0 Å². The number of rotatable bonds is 5. The Morgan fingerprint density at radius 2 is 2.19 bits per heavy atom. The number of hydrogen-bond donors (Lipinski definition) is 2. The zero-order valence-electron chi connectivity index (χ0n) is 18.2. The number of nitrogens with zero attached hydrogens (tertiary/aromatic N) is 6. The third-order valence-electron chi connectivity index (χ3n) is 6.76. The molecule has 3 aromatic rings. The number of aromatic nitrogens is 5. The standard InChI is InChI=1S/C22H26FN7O2/c1-22-10-19(32-3)15(26-22)9-17(20(22)23)29(2)21-25-11-16(27-28-21)14-5-4-13(8-18(14)31)30-7-6-24-12-30/h4-8,11-12,15,17,19-20,26,31H,9-10H2,1-3H3/t15?,17-,19-,20+,22+/m1/s1. The average molecular weight is 439 g/mol. The van der Waals surface area contributed by atoms with Gasteiger partial charge in [0.15, 0.2) is 0 Å². The van der Waals surface area contributed by atoms with Crippen molar-refractivity contribution in [3.05, 3.63) is 43.1 Å². The molecular weight excluding hydrogens is 413 g/mol. The molecule has 0 saturated carbocycles. The van der Waals surface area contributed by atoms with Gasteiger partial charge in [-0.3, -0.25) is 0 Å². The molecule has 2 bridgehead atoms. The number of halogens is 1. The number of benzene rings is 1. The predicted octanol–water partition coefficient (Wildman–Crippen LogP) is 2.11. The van der Waals surface area contributed by atoms with E-state index in [1.807, 2.05) is 13.0 Å².